The van der Waals surface area contributed by atoms with E-state index in [2.05, 4.69) is 15.4 Å². The number of benzene rings is 1. The lowest BCUT2D eigenvalue weighted by Gasteiger charge is -2.14. The Morgan fingerprint density at radius 2 is 1.76 bits per heavy atom. The van der Waals surface area contributed by atoms with E-state index in [1.54, 1.807) is 13.8 Å². The number of carbonyl (C=O) groups is 1. The van der Waals surface area contributed by atoms with Crippen LogP contribution in [0.4, 0.5) is 5.69 Å². The normalized spacial score (nSPS) is 11.2. The van der Waals surface area contributed by atoms with Crippen LogP contribution in [0, 0.1) is 13.8 Å². The summed E-state index contributed by atoms with van der Waals surface area (Å²) in [5, 5.41) is 5.62. The second kappa shape index (κ2) is 7.42. The Bertz CT molecular complexity index is 589. The van der Waals surface area contributed by atoms with Crippen molar-refractivity contribution in [1.82, 2.24) is 10.0 Å². The molecule has 0 atom stereocenters. The van der Waals surface area contributed by atoms with Gasteiger partial charge in [0, 0.05) is 32.2 Å². The largest absolute Gasteiger partial charge is 0.385 e. The molecule has 0 saturated carbocycles. The first-order chi connectivity index (χ1) is 9.81. The van der Waals surface area contributed by atoms with Crippen LogP contribution in [-0.4, -0.2) is 34.5 Å². The van der Waals surface area contributed by atoms with Gasteiger partial charge < -0.3 is 10.6 Å². The lowest BCUT2D eigenvalue weighted by atomic mass is 10.1. The maximum absolute atomic E-state index is 12.3. The minimum Gasteiger partial charge on any atom is -0.385 e. The Morgan fingerprint density at radius 1 is 1.19 bits per heavy atom. The number of amides is 1. The Labute approximate surface area is 126 Å². The van der Waals surface area contributed by atoms with Crippen LogP contribution in [0.2, 0.25) is 0 Å². The van der Waals surface area contributed by atoms with Crippen LogP contribution in [0.1, 0.15) is 24.5 Å². The molecule has 7 heteroatoms. The highest BCUT2D eigenvalue weighted by atomic mass is 32.2. The molecule has 0 unspecified atom stereocenters. The monoisotopic (exact) mass is 313 g/mol. The van der Waals surface area contributed by atoms with E-state index < -0.39 is 10.0 Å². The van der Waals surface area contributed by atoms with Gasteiger partial charge in [0.25, 0.3) is 0 Å². The van der Waals surface area contributed by atoms with Crippen LogP contribution in [-0.2, 0) is 14.8 Å². The van der Waals surface area contributed by atoms with Crippen molar-refractivity contribution in [3.8, 4) is 0 Å². The molecule has 1 amide bonds. The van der Waals surface area contributed by atoms with Crippen LogP contribution in [0.15, 0.2) is 17.0 Å². The van der Waals surface area contributed by atoms with E-state index in [4.69, 9.17) is 0 Å². The average molecular weight is 313 g/mol. The summed E-state index contributed by atoms with van der Waals surface area (Å²) in [6, 6.07) is 3.62. The van der Waals surface area contributed by atoms with Crippen molar-refractivity contribution >= 4 is 21.6 Å². The molecule has 0 bridgehead atoms. The van der Waals surface area contributed by atoms with Gasteiger partial charge in [0.2, 0.25) is 15.9 Å². The Balaban J connectivity index is 2.95. The highest BCUT2D eigenvalue weighted by molar-refractivity contribution is 7.89. The molecule has 21 heavy (non-hydrogen) atoms. The smallest absolute Gasteiger partial charge is 0.241 e. The number of sulfonamides is 1. The maximum Gasteiger partial charge on any atom is 0.241 e. The molecule has 0 aromatic heterocycles. The van der Waals surface area contributed by atoms with E-state index in [-0.39, 0.29) is 23.8 Å². The van der Waals surface area contributed by atoms with Gasteiger partial charge in [0.15, 0.2) is 0 Å². The van der Waals surface area contributed by atoms with E-state index in [1.807, 2.05) is 19.1 Å². The first-order valence-corrected chi connectivity index (χ1v) is 8.35. The second-order valence-corrected chi connectivity index (χ2v) is 6.49. The number of carbonyl (C=O) groups excluding carboxylic acids is 1. The predicted molar refractivity (Wildman–Crippen MR) is 84.0 cm³/mol. The van der Waals surface area contributed by atoms with Crippen molar-refractivity contribution in [2.24, 2.45) is 0 Å². The molecule has 0 saturated heterocycles. The first-order valence-electron chi connectivity index (χ1n) is 6.87. The standard InChI is InChI=1S/C14H23N3O3S/c1-5-16-12-8-10(2)14(11(3)9-12)21(19,20)17-7-6-13(18)15-4/h8-9,16-17H,5-7H2,1-4H3,(H,15,18). The van der Waals surface area contributed by atoms with Crippen LogP contribution in [0.5, 0.6) is 0 Å². The molecule has 118 valence electrons. The lowest BCUT2D eigenvalue weighted by molar-refractivity contribution is -0.120. The Morgan fingerprint density at radius 3 is 2.24 bits per heavy atom. The number of rotatable bonds is 7. The van der Waals surface area contributed by atoms with Crippen molar-refractivity contribution < 1.29 is 13.2 Å². The summed E-state index contributed by atoms with van der Waals surface area (Å²) in [6.07, 6.45) is 0.114. The van der Waals surface area contributed by atoms with Gasteiger partial charge in [-0.05, 0) is 44.0 Å². The van der Waals surface area contributed by atoms with E-state index in [0.717, 1.165) is 12.2 Å². The molecule has 6 nitrogen and oxygen atoms in total. The van der Waals surface area contributed by atoms with Crippen molar-refractivity contribution in [2.45, 2.75) is 32.1 Å². The topological polar surface area (TPSA) is 87.3 Å². The highest BCUT2D eigenvalue weighted by Crippen LogP contribution is 2.24. The van der Waals surface area contributed by atoms with Gasteiger partial charge in [-0.2, -0.15) is 0 Å². The summed E-state index contributed by atoms with van der Waals surface area (Å²) in [6.45, 7) is 6.36. The van der Waals surface area contributed by atoms with E-state index in [0.29, 0.717) is 11.1 Å². The number of hydrogen-bond donors (Lipinski definition) is 3. The minimum atomic E-state index is -3.61. The number of aryl methyl sites for hydroxylation is 2. The van der Waals surface area contributed by atoms with E-state index in [1.165, 1.54) is 7.05 Å². The van der Waals surface area contributed by atoms with Gasteiger partial charge in [-0.25, -0.2) is 13.1 Å². The number of nitrogens with one attached hydrogen (secondary N) is 3. The lowest BCUT2D eigenvalue weighted by Crippen LogP contribution is -2.30. The summed E-state index contributed by atoms with van der Waals surface area (Å²) in [5.41, 5.74) is 2.26. The van der Waals surface area contributed by atoms with Gasteiger partial charge in [-0.3, -0.25) is 4.79 Å². The molecule has 0 aliphatic heterocycles. The molecule has 0 aliphatic rings. The van der Waals surface area contributed by atoms with Crippen molar-refractivity contribution in [1.29, 1.82) is 0 Å². The molecule has 0 aliphatic carbocycles. The zero-order chi connectivity index (χ0) is 16.0. The van der Waals surface area contributed by atoms with E-state index in [9.17, 15) is 13.2 Å². The number of hydrogen-bond acceptors (Lipinski definition) is 4. The van der Waals surface area contributed by atoms with Crippen molar-refractivity contribution in [2.75, 3.05) is 25.5 Å². The fourth-order valence-corrected chi connectivity index (χ4v) is 3.66. The van der Waals surface area contributed by atoms with Crippen LogP contribution in [0.25, 0.3) is 0 Å². The van der Waals surface area contributed by atoms with Gasteiger partial charge in [0.05, 0.1) is 4.90 Å². The zero-order valence-corrected chi connectivity index (χ0v) is 13.7. The van der Waals surface area contributed by atoms with E-state index >= 15 is 0 Å². The molecule has 0 spiro atoms. The van der Waals surface area contributed by atoms with Gasteiger partial charge in [0.1, 0.15) is 0 Å². The SMILES string of the molecule is CCNc1cc(C)c(S(=O)(=O)NCCC(=O)NC)c(C)c1. The zero-order valence-electron chi connectivity index (χ0n) is 12.9. The summed E-state index contributed by atoms with van der Waals surface area (Å²) in [7, 11) is -2.10. The molecule has 3 N–H and O–H groups in total. The highest BCUT2D eigenvalue weighted by Gasteiger charge is 2.20. The van der Waals surface area contributed by atoms with Crippen molar-refractivity contribution in [3.05, 3.63) is 23.3 Å². The van der Waals surface area contributed by atoms with Crippen LogP contribution in [0.3, 0.4) is 0 Å². The molecular weight excluding hydrogens is 290 g/mol. The summed E-state index contributed by atoms with van der Waals surface area (Å²) in [4.78, 5) is 11.4. The first kappa shape index (κ1) is 17.5. The van der Waals surface area contributed by atoms with Gasteiger partial charge in [-0.15, -0.1) is 0 Å². The Hall–Kier alpha value is -1.60. The fraction of sp³-hybridized carbons (Fsp3) is 0.500. The molecule has 1 rings (SSSR count). The third-order valence-electron chi connectivity index (χ3n) is 3.03. The Kier molecular flexibility index (Phi) is 6.17. The molecular formula is C14H23N3O3S. The quantitative estimate of drug-likeness (QED) is 0.705. The molecule has 0 radical (unpaired) electrons. The molecule has 1 aromatic rings. The van der Waals surface area contributed by atoms with Gasteiger partial charge >= 0.3 is 0 Å². The summed E-state index contributed by atoms with van der Waals surface area (Å²) >= 11 is 0. The van der Waals surface area contributed by atoms with Gasteiger partial charge in [-0.1, -0.05) is 0 Å². The van der Waals surface area contributed by atoms with Crippen LogP contribution >= 0.6 is 0 Å². The molecule has 1 aromatic carbocycles. The summed E-state index contributed by atoms with van der Waals surface area (Å²) < 4.78 is 27.2. The third-order valence-corrected chi connectivity index (χ3v) is 4.80. The number of anilines is 1. The minimum absolute atomic E-state index is 0.0792. The summed E-state index contributed by atoms with van der Waals surface area (Å²) in [5.74, 6) is -0.200. The van der Waals surface area contributed by atoms with Crippen LogP contribution < -0.4 is 15.4 Å². The fourth-order valence-electron chi connectivity index (χ4n) is 2.18. The van der Waals surface area contributed by atoms with Crippen molar-refractivity contribution in [3.63, 3.8) is 0 Å². The average Bonchev–Trinajstić information content (AvgIpc) is 2.37. The second-order valence-electron chi connectivity index (χ2n) is 4.79. The third kappa shape index (κ3) is 4.71. The molecule has 0 heterocycles. The predicted octanol–water partition coefficient (Wildman–Crippen LogP) is 1.15. The maximum atomic E-state index is 12.3. The molecule has 0 fully saturated rings.